The van der Waals surface area contributed by atoms with Gasteiger partial charge in [-0.15, -0.1) is 0 Å². The van der Waals surface area contributed by atoms with E-state index in [2.05, 4.69) is 6.92 Å². The van der Waals surface area contributed by atoms with E-state index in [4.69, 9.17) is 14.2 Å². The smallest absolute Gasteiger partial charge is 0.201 e. The zero-order valence-corrected chi connectivity index (χ0v) is 19.6. The van der Waals surface area contributed by atoms with Crippen molar-refractivity contribution in [3.8, 4) is 22.6 Å². The minimum absolute atomic E-state index is 0.102. The van der Waals surface area contributed by atoms with Crippen LogP contribution in [0.25, 0.3) is 11.1 Å². The van der Waals surface area contributed by atoms with Crippen LogP contribution in [0.1, 0.15) is 58.3 Å². The molecule has 34 heavy (non-hydrogen) atoms. The second kappa shape index (κ2) is 11.4. The molecule has 0 radical (unpaired) electrons. The predicted octanol–water partition coefficient (Wildman–Crippen LogP) is 7.45. The molecule has 2 fully saturated rings. The Balaban J connectivity index is 1.41. The Kier molecular flexibility index (Phi) is 8.35. The number of rotatable bonds is 9. The molecule has 1 aliphatic heterocycles. The van der Waals surface area contributed by atoms with Crippen molar-refractivity contribution in [3.63, 3.8) is 0 Å². The third kappa shape index (κ3) is 5.68. The van der Waals surface area contributed by atoms with Crippen molar-refractivity contribution < 1.29 is 31.8 Å². The van der Waals surface area contributed by atoms with Gasteiger partial charge in [0.25, 0.3) is 0 Å². The summed E-state index contributed by atoms with van der Waals surface area (Å²) < 4.78 is 75.2. The maximum absolute atomic E-state index is 14.8. The molecule has 0 amide bonds. The molecule has 1 heterocycles. The van der Waals surface area contributed by atoms with Gasteiger partial charge in [-0.3, -0.25) is 0 Å². The zero-order valence-electron chi connectivity index (χ0n) is 19.6. The topological polar surface area (TPSA) is 27.7 Å². The van der Waals surface area contributed by atoms with Crippen LogP contribution in [0.5, 0.6) is 11.5 Å². The van der Waals surface area contributed by atoms with Crippen LogP contribution in [0.4, 0.5) is 17.6 Å². The summed E-state index contributed by atoms with van der Waals surface area (Å²) in [6, 6.07) is 4.90. The lowest BCUT2D eigenvalue weighted by molar-refractivity contribution is 0.0663. The molecule has 0 aromatic heterocycles. The van der Waals surface area contributed by atoms with Gasteiger partial charge in [0.2, 0.25) is 11.6 Å². The zero-order chi connectivity index (χ0) is 24.1. The van der Waals surface area contributed by atoms with Crippen molar-refractivity contribution in [1.29, 1.82) is 0 Å². The third-order valence-electron chi connectivity index (χ3n) is 6.97. The molecule has 1 saturated heterocycles. The number of hydrogen-bond donors (Lipinski definition) is 0. The largest absolute Gasteiger partial charge is 0.490 e. The Labute approximate surface area is 198 Å². The first kappa shape index (κ1) is 24.8. The molecular formula is C27H32F4O3. The lowest BCUT2D eigenvalue weighted by Gasteiger charge is -2.28. The summed E-state index contributed by atoms with van der Waals surface area (Å²) >= 11 is 0. The number of halogens is 4. The second-order valence-electron chi connectivity index (χ2n) is 9.41. The lowest BCUT2D eigenvalue weighted by Crippen LogP contribution is -2.20. The van der Waals surface area contributed by atoms with Gasteiger partial charge in [0.15, 0.2) is 23.1 Å². The molecule has 0 N–H and O–H groups in total. The highest BCUT2D eigenvalue weighted by atomic mass is 19.2. The molecule has 7 heteroatoms. The summed E-state index contributed by atoms with van der Waals surface area (Å²) in [6.45, 7) is 3.22. The first-order chi connectivity index (χ1) is 16.5. The molecule has 1 unspecified atom stereocenters. The van der Waals surface area contributed by atoms with Gasteiger partial charge in [-0.1, -0.05) is 32.6 Å². The number of ether oxygens (including phenoxy) is 3. The first-order valence-electron chi connectivity index (χ1n) is 12.3. The normalized spacial score (nSPS) is 22.7. The SMILES string of the molecule is CCCC1CCC(COc2ccc(-c3ccc(OCC4CCCO4)c(F)c3F)c(F)c2F)CC1. The van der Waals surface area contributed by atoms with Crippen LogP contribution in [-0.2, 0) is 4.74 Å². The van der Waals surface area contributed by atoms with E-state index in [0.29, 0.717) is 19.1 Å². The Morgan fingerprint density at radius 1 is 0.735 bits per heavy atom. The van der Waals surface area contributed by atoms with Crippen LogP contribution in [0.3, 0.4) is 0 Å². The standard InChI is InChI=1S/C27H32F4O3/c1-2-4-17-6-8-18(9-7-17)15-33-22-12-10-20(24(28)26(22)30)21-11-13-23(27(31)25(21)29)34-16-19-5-3-14-32-19/h10-13,17-19H,2-9,14-16H2,1H3. The van der Waals surface area contributed by atoms with Crippen LogP contribution < -0.4 is 9.47 Å². The molecular weight excluding hydrogens is 448 g/mol. The van der Waals surface area contributed by atoms with Crippen LogP contribution in [0.15, 0.2) is 24.3 Å². The summed E-state index contributed by atoms with van der Waals surface area (Å²) in [4.78, 5) is 0. The fraction of sp³-hybridized carbons (Fsp3) is 0.556. The van der Waals surface area contributed by atoms with Gasteiger partial charge in [-0.2, -0.15) is 8.78 Å². The summed E-state index contributed by atoms with van der Waals surface area (Å²) in [6.07, 6.45) is 8.23. The lowest BCUT2D eigenvalue weighted by atomic mass is 9.80. The Morgan fingerprint density at radius 3 is 1.82 bits per heavy atom. The van der Waals surface area contributed by atoms with Gasteiger partial charge in [0.05, 0.1) is 12.7 Å². The van der Waals surface area contributed by atoms with E-state index in [1.165, 1.54) is 37.1 Å². The van der Waals surface area contributed by atoms with E-state index < -0.39 is 23.3 Å². The van der Waals surface area contributed by atoms with Crippen molar-refractivity contribution in [2.24, 2.45) is 11.8 Å². The predicted molar refractivity (Wildman–Crippen MR) is 122 cm³/mol. The highest BCUT2D eigenvalue weighted by molar-refractivity contribution is 5.67. The highest BCUT2D eigenvalue weighted by Crippen LogP contribution is 2.36. The number of hydrogen-bond acceptors (Lipinski definition) is 3. The van der Waals surface area contributed by atoms with E-state index >= 15 is 0 Å². The Hall–Kier alpha value is -2.28. The van der Waals surface area contributed by atoms with E-state index in [0.717, 1.165) is 44.4 Å². The van der Waals surface area contributed by atoms with Crippen LogP contribution in [-0.4, -0.2) is 25.9 Å². The van der Waals surface area contributed by atoms with E-state index in [1.54, 1.807) is 0 Å². The molecule has 1 atom stereocenters. The molecule has 0 spiro atoms. The van der Waals surface area contributed by atoms with Crippen molar-refractivity contribution in [2.75, 3.05) is 19.8 Å². The maximum Gasteiger partial charge on any atom is 0.201 e. The quantitative estimate of drug-likeness (QED) is 0.349. The summed E-state index contributed by atoms with van der Waals surface area (Å²) in [5.74, 6) is -4.44. The Bertz CT molecular complexity index is 967. The van der Waals surface area contributed by atoms with Crippen molar-refractivity contribution in [1.82, 2.24) is 0 Å². The minimum Gasteiger partial charge on any atom is -0.490 e. The van der Waals surface area contributed by atoms with Crippen molar-refractivity contribution >= 4 is 0 Å². The Morgan fingerprint density at radius 2 is 1.29 bits per heavy atom. The maximum atomic E-state index is 14.8. The van der Waals surface area contributed by atoms with Gasteiger partial charge < -0.3 is 14.2 Å². The fourth-order valence-corrected chi connectivity index (χ4v) is 4.96. The molecule has 4 rings (SSSR count). The van der Waals surface area contributed by atoms with Crippen LogP contribution >= 0.6 is 0 Å². The fourth-order valence-electron chi connectivity index (χ4n) is 4.96. The molecule has 186 valence electrons. The van der Waals surface area contributed by atoms with E-state index in [1.807, 2.05) is 0 Å². The van der Waals surface area contributed by atoms with Crippen LogP contribution in [0, 0.1) is 35.1 Å². The minimum atomic E-state index is -1.29. The van der Waals surface area contributed by atoms with Gasteiger partial charge >= 0.3 is 0 Å². The third-order valence-corrected chi connectivity index (χ3v) is 6.97. The molecule has 1 aliphatic carbocycles. The second-order valence-corrected chi connectivity index (χ2v) is 9.41. The molecule has 0 bridgehead atoms. The summed E-state index contributed by atoms with van der Waals surface area (Å²) in [5, 5.41) is 0. The average Bonchev–Trinajstić information content (AvgIpc) is 3.36. The molecule has 2 aromatic rings. The van der Waals surface area contributed by atoms with Crippen molar-refractivity contribution in [2.45, 2.75) is 64.4 Å². The van der Waals surface area contributed by atoms with Crippen LogP contribution in [0.2, 0.25) is 0 Å². The first-order valence-corrected chi connectivity index (χ1v) is 12.3. The highest BCUT2D eigenvalue weighted by Gasteiger charge is 2.25. The average molecular weight is 481 g/mol. The van der Waals surface area contributed by atoms with Gasteiger partial charge in [0, 0.05) is 17.7 Å². The van der Waals surface area contributed by atoms with E-state index in [9.17, 15) is 17.6 Å². The summed E-state index contributed by atoms with van der Waals surface area (Å²) in [5.41, 5.74) is -0.744. The van der Waals surface area contributed by atoms with Gasteiger partial charge in [0.1, 0.15) is 6.61 Å². The number of benzene rings is 2. The monoisotopic (exact) mass is 480 g/mol. The van der Waals surface area contributed by atoms with E-state index in [-0.39, 0.29) is 35.3 Å². The molecule has 1 saturated carbocycles. The van der Waals surface area contributed by atoms with Gasteiger partial charge in [-0.05, 0) is 61.8 Å². The molecule has 3 nitrogen and oxygen atoms in total. The molecule has 2 aromatic carbocycles. The van der Waals surface area contributed by atoms with Gasteiger partial charge in [-0.25, -0.2) is 8.78 Å². The molecule has 2 aliphatic rings. The summed E-state index contributed by atoms with van der Waals surface area (Å²) in [7, 11) is 0. The van der Waals surface area contributed by atoms with Crippen molar-refractivity contribution in [3.05, 3.63) is 47.5 Å².